The second kappa shape index (κ2) is 8.50. The minimum atomic E-state index is -0.542. The number of nitrogens with zero attached hydrogens (tertiary/aromatic N) is 3. The van der Waals surface area contributed by atoms with Crippen molar-refractivity contribution in [3.05, 3.63) is 59.1 Å². The number of carbonyl (C=O) groups excluding carboxylic acids is 1. The van der Waals surface area contributed by atoms with Gasteiger partial charge in [0.25, 0.3) is 5.91 Å². The lowest BCUT2D eigenvalue weighted by Gasteiger charge is -2.20. The maximum atomic E-state index is 12.5. The van der Waals surface area contributed by atoms with Gasteiger partial charge in [-0.05, 0) is 50.6 Å². The van der Waals surface area contributed by atoms with E-state index < -0.39 is 6.10 Å². The Morgan fingerprint density at radius 3 is 2.71 bits per heavy atom. The van der Waals surface area contributed by atoms with Crippen LogP contribution < -0.4 is 5.32 Å². The van der Waals surface area contributed by atoms with E-state index >= 15 is 0 Å². The Bertz CT molecular complexity index is 968. The zero-order valence-corrected chi connectivity index (χ0v) is 17.2. The number of hydrogen-bond donors (Lipinski definition) is 2. The summed E-state index contributed by atoms with van der Waals surface area (Å²) in [7, 11) is 1.80. The van der Waals surface area contributed by atoms with Crippen LogP contribution in [0, 0.1) is 0 Å². The average molecular weight is 397 g/mol. The van der Waals surface area contributed by atoms with Crippen LogP contribution >= 0.6 is 11.3 Å². The van der Waals surface area contributed by atoms with Crippen LogP contribution in [0.5, 0.6) is 0 Å². The number of anilines is 2. The fourth-order valence-corrected chi connectivity index (χ4v) is 3.43. The smallest absolute Gasteiger partial charge is 0.254 e. The van der Waals surface area contributed by atoms with Gasteiger partial charge in [-0.25, -0.2) is 9.97 Å². The van der Waals surface area contributed by atoms with E-state index in [2.05, 4.69) is 15.3 Å². The summed E-state index contributed by atoms with van der Waals surface area (Å²) in [5, 5.41) is 14.8. The van der Waals surface area contributed by atoms with Crippen molar-refractivity contribution in [3.63, 3.8) is 0 Å². The highest BCUT2D eigenvalue weighted by Gasteiger charge is 2.17. The summed E-state index contributed by atoms with van der Waals surface area (Å²) in [6, 6.07) is 11.3. The third-order valence-corrected chi connectivity index (χ3v) is 5.43. The zero-order chi connectivity index (χ0) is 20.3. The van der Waals surface area contributed by atoms with Gasteiger partial charge < -0.3 is 15.3 Å². The predicted octanol–water partition coefficient (Wildman–Crippen LogP) is 4.48. The standard InChI is InChI=1S/C21H24N4O2S/c1-13(2)25(4)20(27)16-11-19(28-12-16)18-8-9-22-21(24-18)23-17-7-5-6-15(10-17)14(3)26/h5-14,26H,1-4H3,(H,22,23,24). The maximum Gasteiger partial charge on any atom is 0.254 e. The van der Waals surface area contributed by atoms with Gasteiger partial charge in [-0.2, -0.15) is 0 Å². The molecule has 7 heteroatoms. The Labute approximate surface area is 168 Å². The SMILES string of the molecule is CC(O)c1cccc(Nc2nccc(-c3cc(C(=O)N(C)C(C)C)cs3)n2)c1. The Kier molecular flexibility index (Phi) is 6.06. The number of carbonyl (C=O) groups is 1. The molecule has 0 fully saturated rings. The number of thiophene rings is 1. The first-order valence-electron chi connectivity index (χ1n) is 9.09. The number of nitrogens with one attached hydrogen (secondary N) is 1. The van der Waals surface area contributed by atoms with Crippen molar-refractivity contribution in [1.29, 1.82) is 0 Å². The summed E-state index contributed by atoms with van der Waals surface area (Å²) in [6.07, 6.45) is 1.14. The van der Waals surface area contributed by atoms with E-state index in [4.69, 9.17) is 0 Å². The molecule has 0 bridgehead atoms. The quantitative estimate of drug-likeness (QED) is 0.642. The lowest BCUT2D eigenvalue weighted by molar-refractivity contribution is 0.0755. The summed E-state index contributed by atoms with van der Waals surface area (Å²) < 4.78 is 0. The number of aliphatic hydroxyl groups excluding tert-OH is 1. The third kappa shape index (κ3) is 4.55. The molecule has 146 valence electrons. The molecule has 0 aliphatic carbocycles. The van der Waals surface area contributed by atoms with E-state index in [1.807, 2.05) is 55.6 Å². The van der Waals surface area contributed by atoms with Gasteiger partial charge in [-0.3, -0.25) is 4.79 Å². The highest BCUT2D eigenvalue weighted by molar-refractivity contribution is 7.13. The number of hydrogen-bond acceptors (Lipinski definition) is 6. The van der Waals surface area contributed by atoms with Gasteiger partial charge in [0.1, 0.15) is 0 Å². The van der Waals surface area contributed by atoms with Crippen molar-refractivity contribution >= 4 is 28.9 Å². The average Bonchev–Trinajstić information content (AvgIpc) is 3.17. The van der Waals surface area contributed by atoms with Crippen LogP contribution in [-0.4, -0.2) is 39.0 Å². The third-order valence-electron chi connectivity index (χ3n) is 4.47. The van der Waals surface area contributed by atoms with Gasteiger partial charge in [-0.15, -0.1) is 11.3 Å². The molecule has 0 saturated heterocycles. The van der Waals surface area contributed by atoms with Crippen LogP contribution in [0.25, 0.3) is 10.6 Å². The van der Waals surface area contributed by atoms with Gasteiger partial charge in [0.15, 0.2) is 0 Å². The molecule has 2 aromatic heterocycles. The molecule has 3 aromatic rings. The normalized spacial score (nSPS) is 12.1. The molecule has 3 rings (SSSR count). The van der Waals surface area contributed by atoms with Gasteiger partial charge in [0.05, 0.1) is 22.2 Å². The van der Waals surface area contributed by atoms with Gasteiger partial charge in [-0.1, -0.05) is 12.1 Å². The molecule has 0 aliphatic heterocycles. The van der Waals surface area contributed by atoms with Gasteiger partial charge in [0, 0.05) is 30.4 Å². The largest absolute Gasteiger partial charge is 0.389 e. The first-order valence-corrected chi connectivity index (χ1v) is 9.97. The van der Waals surface area contributed by atoms with E-state index in [0.29, 0.717) is 11.5 Å². The molecule has 1 amide bonds. The number of aromatic nitrogens is 2. The minimum Gasteiger partial charge on any atom is -0.389 e. The lowest BCUT2D eigenvalue weighted by atomic mass is 10.1. The molecule has 2 heterocycles. The highest BCUT2D eigenvalue weighted by Crippen LogP contribution is 2.27. The summed E-state index contributed by atoms with van der Waals surface area (Å²) in [6.45, 7) is 5.70. The summed E-state index contributed by atoms with van der Waals surface area (Å²) >= 11 is 1.48. The molecule has 0 aliphatic rings. The zero-order valence-electron chi connectivity index (χ0n) is 16.4. The molecule has 0 saturated carbocycles. The van der Waals surface area contributed by atoms with E-state index in [1.165, 1.54) is 11.3 Å². The summed E-state index contributed by atoms with van der Waals surface area (Å²) in [5.74, 6) is 0.459. The van der Waals surface area contributed by atoms with Crippen molar-refractivity contribution in [1.82, 2.24) is 14.9 Å². The molecule has 1 aromatic carbocycles. The minimum absolute atomic E-state index is 0.000145. The molecule has 2 N–H and O–H groups in total. The molecular weight excluding hydrogens is 372 g/mol. The van der Waals surface area contributed by atoms with Crippen molar-refractivity contribution < 1.29 is 9.90 Å². The Morgan fingerprint density at radius 1 is 1.21 bits per heavy atom. The Hall–Kier alpha value is -2.77. The van der Waals surface area contributed by atoms with Crippen molar-refractivity contribution in [2.24, 2.45) is 0 Å². The molecule has 0 radical (unpaired) electrons. The molecule has 0 spiro atoms. The molecule has 6 nitrogen and oxygen atoms in total. The van der Waals surface area contributed by atoms with Crippen LogP contribution in [0.1, 0.15) is 42.8 Å². The Balaban J connectivity index is 1.81. The van der Waals surface area contributed by atoms with Crippen LogP contribution in [0.15, 0.2) is 48.0 Å². The van der Waals surface area contributed by atoms with Gasteiger partial charge in [0.2, 0.25) is 5.95 Å². The van der Waals surface area contributed by atoms with Crippen molar-refractivity contribution in [3.8, 4) is 10.6 Å². The number of rotatable bonds is 6. The van der Waals surface area contributed by atoms with Crippen molar-refractivity contribution in [2.45, 2.75) is 32.9 Å². The first kappa shape index (κ1) is 20.0. The highest BCUT2D eigenvalue weighted by atomic mass is 32.1. The second-order valence-electron chi connectivity index (χ2n) is 6.90. The second-order valence-corrected chi connectivity index (χ2v) is 7.81. The van der Waals surface area contributed by atoms with E-state index in [-0.39, 0.29) is 11.9 Å². The number of amides is 1. The molecular formula is C21H24N4O2S. The molecule has 1 unspecified atom stereocenters. The fraction of sp³-hybridized carbons (Fsp3) is 0.286. The summed E-state index contributed by atoms with van der Waals surface area (Å²) in [4.78, 5) is 24.0. The van der Waals surface area contributed by atoms with E-state index in [9.17, 15) is 9.90 Å². The van der Waals surface area contributed by atoms with E-state index in [0.717, 1.165) is 21.8 Å². The Morgan fingerprint density at radius 2 is 2.00 bits per heavy atom. The van der Waals surface area contributed by atoms with Crippen LogP contribution in [0.3, 0.4) is 0 Å². The first-order chi connectivity index (χ1) is 13.3. The topological polar surface area (TPSA) is 78.3 Å². The number of aliphatic hydroxyl groups is 1. The lowest BCUT2D eigenvalue weighted by Crippen LogP contribution is -2.32. The fourth-order valence-electron chi connectivity index (χ4n) is 2.58. The predicted molar refractivity (Wildman–Crippen MR) is 113 cm³/mol. The maximum absolute atomic E-state index is 12.5. The van der Waals surface area contributed by atoms with Crippen LogP contribution in [0.4, 0.5) is 11.6 Å². The molecule has 1 atom stereocenters. The van der Waals surface area contributed by atoms with Crippen LogP contribution in [0.2, 0.25) is 0 Å². The summed E-state index contributed by atoms with van der Waals surface area (Å²) in [5.41, 5.74) is 3.03. The number of benzene rings is 1. The molecule has 28 heavy (non-hydrogen) atoms. The monoisotopic (exact) mass is 396 g/mol. The van der Waals surface area contributed by atoms with Crippen LogP contribution in [-0.2, 0) is 0 Å². The van der Waals surface area contributed by atoms with Crippen molar-refractivity contribution in [2.75, 3.05) is 12.4 Å². The van der Waals surface area contributed by atoms with E-state index in [1.54, 1.807) is 25.1 Å². The van der Waals surface area contributed by atoms with Gasteiger partial charge >= 0.3 is 0 Å².